The van der Waals surface area contributed by atoms with E-state index in [9.17, 15) is 18.4 Å². The number of carbonyl (C=O) groups is 2. The molecule has 7 heteroatoms. The van der Waals surface area contributed by atoms with Crippen LogP contribution < -0.4 is 5.32 Å². The van der Waals surface area contributed by atoms with Gasteiger partial charge in [0.2, 0.25) is 0 Å². The van der Waals surface area contributed by atoms with Crippen LogP contribution in [0.5, 0.6) is 0 Å². The van der Waals surface area contributed by atoms with E-state index in [2.05, 4.69) is 55.4 Å². The Morgan fingerprint density at radius 2 is 1.88 bits per heavy atom. The molecule has 1 rings (SSSR count). The average Bonchev–Trinajstić information content (AvgIpc) is 2.51. The van der Waals surface area contributed by atoms with Gasteiger partial charge in [0.1, 0.15) is 25.8 Å². The van der Waals surface area contributed by atoms with Crippen LogP contribution in [0.25, 0.3) is 0 Å². The van der Waals surface area contributed by atoms with Crippen molar-refractivity contribution in [3.63, 3.8) is 0 Å². The van der Waals surface area contributed by atoms with Gasteiger partial charge in [0.05, 0.1) is 12.7 Å². The van der Waals surface area contributed by atoms with Gasteiger partial charge in [-0.1, -0.05) is 33.9 Å². The summed E-state index contributed by atoms with van der Waals surface area (Å²) in [6.07, 6.45) is 0.0493. The first-order valence-electron chi connectivity index (χ1n) is 8.23. The Morgan fingerprint density at radius 3 is 2.38 bits per heavy atom. The predicted octanol–water partition coefficient (Wildman–Crippen LogP) is 3.68. The van der Waals surface area contributed by atoms with Crippen molar-refractivity contribution >= 4 is 20.0 Å². The normalized spacial score (nSPS) is 12.6. The molecule has 0 radical (unpaired) electrons. The molecular weight excluding hydrogens is 356 g/mol. The predicted molar refractivity (Wildman–Crippen MR) is 99.2 cm³/mol. The summed E-state index contributed by atoms with van der Waals surface area (Å²) in [6, 6.07) is 1.58. The molecule has 0 aliphatic rings. The highest BCUT2D eigenvalue weighted by Crippen LogP contribution is 2.35. The van der Waals surface area contributed by atoms with Gasteiger partial charge in [-0.25, -0.2) is 13.6 Å². The van der Waals surface area contributed by atoms with Crippen molar-refractivity contribution in [1.82, 2.24) is 5.32 Å². The number of methoxy groups -OCH3 is 1. The molecule has 0 bridgehead atoms. The SMILES string of the molecule is COC(=O)[C@@H](CC#C[Si](C)(C)C(C)(C)C)NC(=O)c1ccc(F)cc1F. The summed E-state index contributed by atoms with van der Waals surface area (Å²) >= 11 is 0. The second-order valence-electron chi connectivity index (χ2n) is 7.55. The fraction of sp³-hybridized carbons (Fsp3) is 0.474. The smallest absolute Gasteiger partial charge is 0.329 e. The number of hydrogen-bond donors (Lipinski definition) is 1. The largest absolute Gasteiger partial charge is 0.467 e. The molecule has 0 saturated carbocycles. The van der Waals surface area contributed by atoms with Crippen molar-refractivity contribution in [3.8, 4) is 11.5 Å². The van der Waals surface area contributed by atoms with E-state index in [-0.39, 0.29) is 17.0 Å². The molecule has 0 heterocycles. The van der Waals surface area contributed by atoms with Crippen LogP contribution in [0, 0.1) is 23.1 Å². The molecule has 1 amide bonds. The Bertz CT molecular complexity index is 745. The van der Waals surface area contributed by atoms with E-state index in [0.29, 0.717) is 6.07 Å². The fourth-order valence-corrected chi connectivity index (χ4v) is 2.73. The number of hydrogen-bond acceptors (Lipinski definition) is 3. The minimum Gasteiger partial charge on any atom is -0.467 e. The van der Waals surface area contributed by atoms with E-state index in [1.165, 1.54) is 7.11 Å². The van der Waals surface area contributed by atoms with Crippen LogP contribution >= 0.6 is 0 Å². The van der Waals surface area contributed by atoms with Crippen LogP contribution in [0.15, 0.2) is 18.2 Å². The highest BCUT2D eigenvalue weighted by Gasteiger charge is 2.33. The zero-order valence-corrected chi connectivity index (χ0v) is 17.0. The van der Waals surface area contributed by atoms with Crippen LogP contribution in [0.1, 0.15) is 37.6 Å². The van der Waals surface area contributed by atoms with Crippen LogP contribution in [0.2, 0.25) is 18.1 Å². The molecule has 0 saturated heterocycles. The van der Waals surface area contributed by atoms with Gasteiger partial charge in [-0.15, -0.1) is 11.5 Å². The van der Waals surface area contributed by atoms with Crippen LogP contribution in [-0.2, 0) is 9.53 Å². The fourth-order valence-electron chi connectivity index (χ4n) is 1.81. The van der Waals surface area contributed by atoms with Crippen molar-refractivity contribution in [2.45, 2.75) is 51.4 Å². The maximum atomic E-state index is 13.7. The van der Waals surface area contributed by atoms with E-state index >= 15 is 0 Å². The van der Waals surface area contributed by atoms with Crippen LogP contribution in [0.3, 0.4) is 0 Å². The summed E-state index contributed by atoms with van der Waals surface area (Å²) in [7, 11) is -0.668. The molecule has 142 valence electrons. The standard InChI is InChI=1S/C19H25F2NO3Si/c1-19(2,3)26(5,6)11-7-8-16(18(24)25-4)22-17(23)14-10-9-13(20)12-15(14)21/h9-10,12,16H,8H2,1-6H3,(H,22,23)/t16-/m1/s1. The molecular formula is C19H25F2NO3Si. The molecule has 1 atom stereocenters. The van der Waals surface area contributed by atoms with Crippen LogP contribution in [-0.4, -0.2) is 33.1 Å². The third kappa shape index (κ3) is 5.66. The van der Waals surface area contributed by atoms with E-state index in [1.807, 2.05) is 0 Å². The maximum absolute atomic E-state index is 13.7. The molecule has 0 fully saturated rings. The average molecular weight is 381 g/mol. The van der Waals surface area contributed by atoms with Gasteiger partial charge >= 0.3 is 5.97 Å². The summed E-state index contributed by atoms with van der Waals surface area (Å²) in [4.78, 5) is 24.1. The molecule has 1 N–H and O–H groups in total. The van der Waals surface area contributed by atoms with Crippen molar-refractivity contribution in [1.29, 1.82) is 0 Å². The number of amides is 1. The third-order valence-electron chi connectivity index (χ3n) is 4.55. The lowest BCUT2D eigenvalue weighted by molar-refractivity contribution is -0.142. The number of carbonyl (C=O) groups excluding carboxylic acids is 2. The van der Waals surface area contributed by atoms with E-state index < -0.39 is 37.6 Å². The Labute approximate surface area is 154 Å². The number of esters is 1. The molecule has 26 heavy (non-hydrogen) atoms. The quantitative estimate of drug-likeness (QED) is 0.492. The minimum atomic E-state index is -1.86. The minimum absolute atomic E-state index is 0.0493. The molecule has 0 aliphatic heterocycles. The van der Waals surface area contributed by atoms with E-state index in [0.717, 1.165) is 12.1 Å². The lowest BCUT2D eigenvalue weighted by Crippen LogP contribution is -2.42. The first kappa shape index (κ1) is 21.8. The number of nitrogens with one attached hydrogen (secondary N) is 1. The van der Waals surface area contributed by atoms with Crippen molar-refractivity contribution in [2.75, 3.05) is 7.11 Å². The highest BCUT2D eigenvalue weighted by atomic mass is 28.3. The zero-order valence-electron chi connectivity index (χ0n) is 16.0. The van der Waals surface area contributed by atoms with Gasteiger partial charge in [0, 0.05) is 12.5 Å². The Hall–Kier alpha value is -2.20. The topological polar surface area (TPSA) is 55.4 Å². The van der Waals surface area contributed by atoms with Crippen LogP contribution in [0.4, 0.5) is 8.78 Å². The Balaban J connectivity index is 2.96. The van der Waals surface area contributed by atoms with Crippen molar-refractivity contribution in [3.05, 3.63) is 35.4 Å². The second kappa shape index (κ2) is 8.45. The monoisotopic (exact) mass is 381 g/mol. The van der Waals surface area contributed by atoms with Gasteiger partial charge in [0.15, 0.2) is 0 Å². The molecule has 1 aromatic carbocycles. The highest BCUT2D eigenvalue weighted by molar-refractivity contribution is 6.87. The van der Waals surface area contributed by atoms with Crippen molar-refractivity contribution < 1.29 is 23.1 Å². The molecule has 0 spiro atoms. The van der Waals surface area contributed by atoms with Gasteiger partial charge < -0.3 is 10.1 Å². The molecule has 4 nitrogen and oxygen atoms in total. The first-order valence-corrected chi connectivity index (χ1v) is 11.2. The summed E-state index contributed by atoms with van der Waals surface area (Å²) in [6.45, 7) is 10.6. The maximum Gasteiger partial charge on any atom is 0.329 e. The molecule has 0 unspecified atom stereocenters. The van der Waals surface area contributed by atoms with Crippen molar-refractivity contribution in [2.24, 2.45) is 0 Å². The summed E-state index contributed by atoms with van der Waals surface area (Å²) < 4.78 is 31.4. The van der Waals surface area contributed by atoms with Gasteiger partial charge in [-0.2, -0.15) is 0 Å². The summed E-state index contributed by atoms with van der Waals surface area (Å²) in [5, 5.41) is 2.46. The third-order valence-corrected chi connectivity index (χ3v) is 9.10. The number of ether oxygens (including phenoxy) is 1. The molecule has 1 aromatic rings. The number of rotatable bonds is 4. The van der Waals surface area contributed by atoms with Gasteiger partial charge in [0.25, 0.3) is 5.91 Å². The number of benzene rings is 1. The zero-order chi connectivity index (χ0) is 20.1. The second-order valence-corrected chi connectivity index (χ2v) is 12.6. The molecule has 0 aromatic heterocycles. The van der Waals surface area contributed by atoms with Gasteiger partial charge in [-0.05, 0) is 17.2 Å². The summed E-state index contributed by atoms with van der Waals surface area (Å²) in [5.41, 5.74) is 2.90. The lowest BCUT2D eigenvalue weighted by Gasteiger charge is -2.31. The Kier molecular flexibility index (Phi) is 7.10. The lowest BCUT2D eigenvalue weighted by atomic mass is 10.1. The first-order chi connectivity index (χ1) is 11.9. The van der Waals surface area contributed by atoms with E-state index in [4.69, 9.17) is 0 Å². The van der Waals surface area contributed by atoms with E-state index in [1.54, 1.807) is 0 Å². The molecule has 0 aliphatic carbocycles. The number of halogens is 2. The Morgan fingerprint density at radius 1 is 1.27 bits per heavy atom. The van der Waals surface area contributed by atoms with Gasteiger partial charge in [-0.3, -0.25) is 4.79 Å². The summed E-state index contributed by atoms with van der Waals surface area (Å²) in [5.74, 6) is -0.321.